The molecular weight excluding hydrogens is 1070 g/mol. The fourth-order valence-corrected chi connectivity index (χ4v) is 14.3. The van der Waals surface area contributed by atoms with Crippen LogP contribution >= 0.6 is 24.8 Å². The Bertz CT molecular complexity index is 1950. The standard InChI is InChI=1S/2C21H34N2O.C20H30N2O.4CH4.CH3.3ClH.Mg/c2*1-20(24)14-15-23(17-19(20)16-22(2)3)21(12-8-5-9-13-21)18-10-6-4-7-11-18;1-21(2)15-17-16-22(14-11-19(17)23)20(12-7-4-8-13-20)18-9-5-3-6-10-18;;;;;;;;;/h2*4,6-7,10-11,19,24H,5,8-9,12-17H2,1-3H3;3,5-6,9-10,17H,4,7-8,11-16H2,1-2H3;4*1H4;1H3;3*1H;/q;;;;;;;-1;;;;+2/p-1/t2*19-,20+;;;;;;;;;;/m00........../s1. The van der Waals surface area contributed by atoms with Gasteiger partial charge in [-0.15, -0.1) is 24.8 Å². The third kappa shape index (κ3) is 20.7. The summed E-state index contributed by atoms with van der Waals surface area (Å²) in [6, 6.07) is 33.3. The number of likely N-dealkylation sites (tertiary alicyclic amines) is 3. The van der Waals surface area contributed by atoms with Crippen molar-refractivity contribution < 1.29 is 27.4 Å². The summed E-state index contributed by atoms with van der Waals surface area (Å²) in [6.45, 7) is 12.7. The van der Waals surface area contributed by atoms with Gasteiger partial charge in [0.1, 0.15) is 5.78 Å². The molecule has 9 nitrogen and oxygen atoms in total. The van der Waals surface area contributed by atoms with Crippen molar-refractivity contribution in [1.29, 1.82) is 0 Å². The Hall–Kier alpha value is -1.35. The number of halogens is 3. The Balaban J connectivity index is -0.00000105. The first-order chi connectivity index (χ1) is 34.0. The van der Waals surface area contributed by atoms with E-state index in [-0.39, 0.29) is 120 Å². The molecule has 458 valence electrons. The summed E-state index contributed by atoms with van der Waals surface area (Å²) in [7, 11) is 12.6. The topological polar surface area (TPSA) is 77.0 Å². The number of piperidine rings is 3. The first-order valence-corrected chi connectivity index (χ1v) is 28.3. The van der Waals surface area contributed by atoms with E-state index < -0.39 is 11.2 Å². The Kier molecular flexibility index (Phi) is 39.3. The van der Waals surface area contributed by atoms with Gasteiger partial charge < -0.3 is 44.7 Å². The van der Waals surface area contributed by atoms with E-state index in [0.29, 0.717) is 24.0 Å². The number of hydrogen-bond acceptors (Lipinski definition) is 9. The quantitative estimate of drug-likeness (QED) is 0.136. The number of benzene rings is 3. The molecule has 0 bridgehead atoms. The zero-order valence-electron chi connectivity index (χ0n) is 48.9. The fraction of sp³-hybridized carbons (Fsp3) is 0.701. The molecule has 0 amide bonds. The molecule has 5 atom stereocenters. The third-order valence-electron chi connectivity index (χ3n) is 18.5. The second-order valence-electron chi connectivity index (χ2n) is 24.5. The molecular formula is C67H119Cl3MgN6O3. The monoisotopic (exact) mass is 1180 g/mol. The first-order valence-electron chi connectivity index (χ1n) is 28.3. The van der Waals surface area contributed by atoms with Crippen molar-refractivity contribution in [2.24, 2.45) is 17.8 Å². The number of carbonyl (C=O) groups is 1. The SMILES string of the molecule is C.C.C.C.CN(C)CC1CN(C2(c3ccccc3)CCCCC2)CCC1=O.CN(C)C[C@H]1CN(C2(c3ccccc3)CCCCC2)CC[C@@]1(C)O.CN(C)C[C@H]1CN(C2(c3ccccc3)CCCCC2)CC[C@@]1(C)O.Cl.Cl.[CH3-].[Cl-].[Mg+2]. The van der Waals surface area contributed by atoms with E-state index in [1.165, 1.54) is 113 Å². The molecule has 13 heteroatoms. The van der Waals surface area contributed by atoms with Crippen molar-refractivity contribution in [3.8, 4) is 0 Å². The van der Waals surface area contributed by atoms with Gasteiger partial charge in [0.15, 0.2) is 0 Å². The summed E-state index contributed by atoms with van der Waals surface area (Å²) in [5.74, 6) is 1.24. The number of carbonyl (C=O) groups excluding carboxylic acids is 1. The van der Waals surface area contributed by atoms with E-state index in [9.17, 15) is 15.0 Å². The van der Waals surface area contributed by atoms with Crippen LogP contribution in [0.2, 0.25) is 0 Å². The number of Topliss-reactive ketones (excluding diaryl/α,β-unsaturated/α-hetero) is 1. The van der Waals surface area contributed by atoms with Crippen LogP contribution in [-0.2, 0) is 21.4 Å². The first kappa shape index (κ1) is 82.9. The van der Waals surface area contributed by atoms with Gasteiger partial charge in [-0.05, 0) is 124 Å². The van der Waals surface area contributed by atoms with Gasteiger partial charge in [0, 0.05) is 99.7 Å². The molecule has 3 saturated carbocycles. The van der Waals surface area contributed by atoms with Crippen LogP contribution in [0.3, 0.4) is 0 Å². The summed E-state index contributed by atoms with van der Waals surface area (Å²) < 4.78 is 0. The second kappa shape index (κ2) is 37.9. The maximum atomic E-state index is 12.3. The largest absolute Gasteiger partial charge is 2.00 e. The molecule has 6 fully saturated rings. The van der Waals surface area contributed by atoms with E-state index in [4.69, 9.17) is 0 Å². The van der Waals surface area contributed by atoms with Crippen LogP contribution in [0.4, 0.5) is 0 Å². The number of aliphatic hydroxyl groups is 2. The summed E-state index contributed by atoms with van der Waals surface area (Å²) >= 11 is 0. The van der Waals surface area contributed by atoms with Gasteiger partial charge in [-0.2, -0.15) is 0 Å². The molecule has 80 heavy (non-hydrogen) atoms. The Morgan fingerprint density at radius 3 is 1.00 bits per heavy atom. The molecule has 3 aromatic carbocycles. The van der Waals surface area contributed by atoms with E-state index in [2.05, 4.69) is 163 Å². The normalized spacial score (nSPS) is 26.2. The van der Waals surface area contributed by atoms with Crippen LogP contribution in [-0.4, -0.2) is 181 Å². The summed E-state index contributed by atoms with van der Waals surface area (Å²) in [5.41, 5.74) is 3.84. The number of hydrogen-bond donors (Lipinski definition) is 2. The molecule has 0 aromatic heterocycles. The zero-order chi connectivity index (χ0) is 50.7. The maximum absolute atomic E-state index is 12.3. The van der Waals surface area contributed by atoms with Crippen molar-refractivity contribution in [3.63, 3.8) is 0 Å². The molecule has 3 saturated heterocycles. The molecule has 6 aliphatic rings. The van der Waals surface area contributed by atoms with E-state index in [1.807, 2.05) is 13.8 Å². The van der Waals surface area contributed by atoms with Crippen molar-refractivity contribution in [2.75, 3.05) is 101 Å². The van der Waals surface area contributed by atoms with E-state index in [1.54, 1.807) is 0 Å². The van der Waals surface area contributed by atoms with Gasteiger partial charge in [0.2, 0.25) is 0 Å². The van der Waals surface area contributed by atoms with Gasteiger partial charge >= 0.3 is 23.1 Å². The maximum Gasteiger partial charge on any atom is 2.00 e. The van der Waals surface area contributed by atoms with E-state index in [0.717, 1.165) is 71.7 Å². The molecule has 0 spiro atoms. The van der Waals surface area contributed by atoms with Crippen LogP contribution in [0.1, 0.15) is 176 Å². The minimum absolute atomic E-state index is 0. The van der Waals surface area contributed by atoms with Gasteiger partial charge in [-0.25, -0.2) is 0 Å². The van der Waals surface area contributed by atoms with Crippen LogP contribution in [0.5, 0.6) is 0 Å². The minimum Gasteiger partial charge on any atom is -1.00 e. The third-order valence-corrected chi connectivity index (χ3v) is 18.5. The van der Waals surface area contributed by atoms with E-state index >= 15 is 0 Å². The summed E-state index contributed by atoms with van der Waals surface area (Å²) in [5, 5.41) is 21.8. The number of rotatable bonds is 12. The van der Waals surface area contributed by atoms with Crippen molar-refractivity contribution >= 4 is 53.7 Å². The Morgan fingerprint density at radius 1 is 0.450 bits per heavy atom. The minimum atomic E-state index is -0.548. The Labute approximate surface area is 527 Å². The average molecular weight is 1190 g/mol. The molecule has 3 aromatic rings. The van der Waals surface area contributed by atoms with Crippen LogP contribution in [0.15, 0.2) is 91.0 Å². The molecule has 0 radical (unpaired) electrons. The van der Waals surface area contributed by atoms with Crippen LogP contribution < -0.4 is 12.4 Å². The predicted molar refractivity (Wildman–Crippen MR) is 348 cm³/mol. The van der Waals surface area contributed by atoms with Crippen molar-refractivity contribution in [3.05, 3.63) is 115 Å². The molecule has 1 unspecified atom stereocenters. The molecule has 2 N–H and O–H groups in total. The molecule has 3 heterocycles. The van der Waals surface area contributed by atoms with Crippen LogP contribution in [0, 0.1) is 25.2 Å². The van der Waals surface area contributed by atoms with Crippen molar-refractivity contribution in [2.45, 2.75) is 187 Å². The zero-order valence-corrected chi connectivity index (χ0v) is 52.7. The van der Waals surface area contributed by atoms with Crippen molar-refractivity contribution in [1.82, 2.24) is 29.4 Å². The smallest absolute Gasteiger partial charge is 1.00 e. The Morgan fingerprint density at radius 2 is 0.725 bits per heavy atom. The summed E-state index contributed by atoms with van der Waals surface area (Å²) in [6.07, 6.45) is 21.9. The van der Waals surface area contributed by atoms with Crippen LogP contribution in [0.25, 0.3) is 0 Å². The molecule has 9 rings (SSSR count). The molecule has 3 aliphatic carbocycles. The van der Waals surface area contributed by atoms with Gasteiger partial charge in [-0.1, -0.05) is 178 Å². The fourth-order valence-electron chi connectivity index (χ4n) is 14.3. The van der Waals surface area contributed by atoms with Gasteiger partial charge in [-0.3, -0.25) is 19.5 Å². The predicted octanol–water partition coefficient (Wildman–Crippen LogP) is 10.7. The molecule has 3 aliphatic heterocycles. The van der Waals surface area contributed by atoms with Gasteiger partial charge in [0.25, 0.3) is 0 Å². The number of ketones is 1. The summed E-state index contributed by atoms with van der Waals surface area (Å²) in [4.78, 5) is 27.0. The van der Waals surface area contributed by atoms with Gasteiger partial charge in [0.05, 0.1) is 11.2 Å². The number of nitrogens with zero attached hydrogens (tertiary/aromatic N) is 6. The average Bonchev–Trinajstić information content (AvgIpc) is 3.37. The second-order valence-corrected chi connectivity index (χ2v) is 24.5.